The largest absolute Gasteiger partial charge is 0.493 e. The normalized spacial score (nSPS) is 16.6. The van der Waals surface area contributed by atoms with Crippen LogP contribution in [-0.2, 0) is 22.4 Å². The molecule has 0 bridgehead atoms. The number of hydrogen-bond donors (Lipinski definition) is 0. The second kappa shape index (κ2) is 8.28. The molecule has 0 spiro atoms. The van der Waals surface area contributed by atoms with Gasteiger partial charge in [-0.2, -0.15) is 0 Å². The number of aryl methyl sites for hydroxylation is 1. The number of esters is 1. The number of carbonyl (C=O) groups excluding carboxylic acids is 1. The van der Waals surface area contributed by atoms with E-state index in [9.17, 15) is 4.79 Å². The topological polar surface area (TPSA) is 44.8 Å². The summed E-state index contributed by atoms with van der Waals surface area (Å²) in [6, 6.07) is 4.03. The first kappa shape index (κ1) is 16.9. The third kappa shape index (κ3) is 3.86. The van der Waals surface area contributed by atoms with Crippen molar-refractivity contribution in [3.05, 3.63) is 23.3 Å². The summed E-state index contributed by atoms with van der Waals surface area (Å²) in [5.74, 6) is 1.89. The molecular formula is C17H23ClO4. The number of rotatable bonds is 7. The molecule has 0 fully saturated rings. The number of halogens is 1. The van der Waals surface area contributed by atoms with Crippen molar-refractivity contribution in [2.45, 2.75) is 45.1 Å². The maximum absolute atomic E-state index is 11.7. The van der Waals surface area contributed by atoms with Crippen molar-refractivity contribution in [2.75, 3.05) is 19.6 Å². The zero-order valence-corrected chi connectivity index (χ0v) is 13.9. The van der Waals surface area contributed by atoms with Crippen LogP contribution >= 0.6 is 11.6 Å². The zero-order chi connectivity index (χ0) is 15.9. The van der Waals surface area contributed by atoms with Gasteiger partial charge in [0.25, 0.3) is 0 Å². The number of methoxy groups -OCH3 is 1. The van der Waals surface area contributed by atoms with Gasteiger partial charge in [-0.1, -0.05) is 19.4 Å². The second-order valence-electron chi connectivity index (χ2n) is 5.34. The van der Waals surface area contributed by atoms with Gasteiger partial charge in [0, 0.05) is 11.4 Å². The molecule has 0 radical (unpaired) electrons. The average molecular weight is 327 g/mol. The van der Waals surface area contributed by atoms with Crippen molar-refractivity contribution in [3.63, 3.8) is 0 Å². The summed E-state index contributed by atoms with van der Waals surface area (Å²) in [6.07, 6.45) is 3.58. The quantitative estimate of drug-likeness (QED) is 0.437. The van der Waals surface area contributed by atoms with Crippen molar-refractivity contribution in [1.82, 2.24) is 0 Å². The summed E-state index contributed by atoms with van der Waals surface area (Å²) < 4.78 is 16.6. The summed E-state index contributed by atoms with van der Waals surface area (Å²) >= 11 is 5.70. The van der Waals surface area contributed by atoms with E-state index >= 15 is 0 Å². The first-order chi connectivity index (χ1) is 10.7. The molecule has 0 saturated carbocycles. The second-order valence-corrected chi connectivity index (χ2v) is 5.72. The maximum atomic E-state index is 11.7. The summed E-state index contributed by atoms with van der Waals surface area (Å²) in [7, 11) is 1.39. The predicted molar refractivity (Wildman–Crippen MR) is 86.0 cm³/mol. The highest BCUT2D eigenvalue weighted by atomic mass is 35.5. The van der Waals surface area contributed by atoms with Gasteiger partial charge in [0.15, 0.2) is 6.10 Å². The molecule has 0 aliphatic carbocycles. The molecule has 122 valence electrons. The standard InChI is InChI=1S/C17H23ClO4/c1-3-5-13-14(21-11-4-10-18)8-6-12-7-9-15(17(19)20-2)22-16(12)13/h6,8,15H,3-5,7,9-11H2,1-2H3. The highest BCUT2D eigenvalue weighted by Crippen LogP contribution is 2.38. The van der Waals surface area contributed by atoms with Gasteiger partial charge < -0.3 is 14.2 Å². The van der Waals surface area contributed by atoms with Crippen LogP contribution < -0.4 is 9.47 Å². The Kier molecular flexibility index (Phi) is 6.37. The molecule has 1 aliphatic heterocycles. The Balaban J connectivity index is 2.26. The molecule has 1 atom stereocenters. The van der Waals surface area contributed by atoms with Gasteiger partial charge in [0.1, 0.15) is 11.5 Å². The lowest BCUT2D eigenvalue weighted by Gasteiger charge is -2.27. The van der Waals surface area contributed by atoms with Crippen LogP contribution in [0.2, 0.25) is 0 Å². The Hall–Kier alpha value is -1.42. The number of carbonyl (C=O) groups is 1. The van der Waals surface area contributed by atoms with Gasteiger partial charge in [-0.25, -0.2) is 4.79 Å². The predicted octanol–water partition coefficient (Wildman–Crippen LogP) is 3.51. The van der Waals surface area contributed by atoms with E-state index in [4.69, 9.17) is 25.8 Å². The summed E-state index contributed by atoms with van der Waals surface area (Å²) in [5.41, 5.74) is 2.18. The van der Waals surface area contributed by atoms with Crippen LogP contribution in [0.15, 0.2) is 12.1 Å². The lowest BCUT2D eigenvalue weighted by Crippen LogP contribution is -2.32. The van der Waals surface area contributed by atoms with Crippen molar-refractivity contribution < 1.29 is 19.0 Å². The number of benzene rings is 1. The highest BCUT2D eigenvalue weighted by Gasteiger charge is 2.29. The van der Waals surface area contributed by atoms with E-state index in [1.807, 2.05) is 12.1 Å². The van der Waals surface area contributed by atoms with Crippen molar-refractivity contribution in [3.8, 4) is 11.5 Å². The molecule has 22 heavy (non-hydrogen) atoms. The number of ether oxygens (including phenoxy) is 3. The van der Waals surface area contributed by atoms with E-state index in [0.717, 1.165) is 48.3 Å². The van der Waals surface area contributed by atoms with Crippen LogP contribution in [0.1, 0.15) is 37.3 Å². The molecule has 1 aromatic carbocycles. The Bertz CT molecular complexity index is 516. The van der Waals surface area contributed by atoms with Crippen LogP contribution in [0.4, 0.5) is 0 Å². The highest BCUT2D eigenvalue weighted by molar-refractivity contribution is 6.17. The Morgan fingerprint density at radius 1 is 1.45 bits per heavy atom. The Morgan fingerprint density at radius 2 is 2.27 bits per heavy atom. The Morgan fingerprint density at radius 3 is 2.95 bits per heavy atom. The molecule has 5 heteroatoms. The molecular weight excluding hydrogens is 304 g/mol. The number of hydrogen-bond acceptors (Lipinski definition) is 4. The monoisotopic (exact) mass is 326 g/mol. The summed E-state index contributed by atoms with van der Waals surface area (Å²) in [5, 5.41) is 0. The molecule has 0 amide bonds. The molecule has 0 aromatic heterocycles. The van der Waals surface area contributed by atoms with Crippen LogP contribution in [0, 0.1) is 0 Å². The molecule has 0 N–H and O–H groups in total. The fourth-order valence-electron chi connectivity index (χ4n) is 2.65. The number of alkyl halides is 1. The van der Waals surface area contributed by atoms with Gasteiger partial charge in [-0.3, -0.25) is 0 Å². The Labute approximate surface area is 136 Å². The molecule has 1 aromatic rings. The van der Waals surface area contributed by atoms with Gasteiger partial charge >= 0.3 is 5.97 Å². The van der Waals surface area contributed by atoms with Gasteiger partial charge in [0.2, 0.25) is 0 Å². The van der Waals surface area contributed by atoms with E-state index in [0.29, 0.717) is 18.9 Å². The minimum absolute atomic E-state index is 0.318. The lowest BCUT2D eigenvalue weighted by atomic mass is 9.96. The van der Waals surface area contributed by atoms with Gasteiger partial charge in [-0.15, -0.1) is 11.6 Å². The van der Waals surface area contributed by atoms with E-state index < -0.39 is 6.10 Å². The lowest BCUT2D eigenvalue weighted by molar-refractivity contribution is -0.149. The fourth-order valence-corrected chi connectivity index (χ4v) is 2.75. The average Bonchev–Trinajstić information content (AvgIpc) is 2.55. The minimum atomic E-state index is -0.522. The van der Waals surface area contributed by atoms with Crippen molar-refractivity contribution in [1.29, 1.82) is 0 Å². The summed E-state index contributed by atoms with van der Waals surface area (Å²) in [6.45, 7) is 2.70. The SMILES string of the molecule is CCCc1c(OCCCCl)ccc2c1OC(C(=O)OC)CC2. The van der Waals surface area contributed by atoms with Crippen LogP contribution in [0.3, 0.4) is 0 Å². The van der Waals surface area contributed by atoms with Crippen LogP contribution in [0.25, 0.3) is 0 Å². The van der Waals surface area contributed by atoms with Gasteiger partial charge in [0.05, 0.1) is 13.7 Å². The smallest absolute Gasteiger partial charge is 0.347 e. The molecule has 0 saturated heterocycles. The third-order valence-electron chi connectivity index (χ3n) is 3.73. The third-order valence-corrected chi connectivity index (χ3v) is 4.00. The summed E-state index contributed by atoms with van der Waals surface area (Å²) in [4.78, 5) is 11.7. The zero-order valence-electron chi connectivity index (χ0n) is 13.2. The molecule has 1 unspecified atom stereocenters. The molecule has 1 heterocycles. The van der Waals surface area contributed by atoms with E-state index in [-0.39, 0.29) is 5.97 Å². The maximum Gasteiger partial charge on any atom is 0.347 e. The molecule has 1 aliphatic rings. The van der Waals surface area contributed by atoms with E-state index in [1.165, 1.54) is 7.11 Å². The van der Waals surface area contributed by atoms with Crippen molar-refractivity contribution >= 4 is 17.6 Å². The number of fused-ring (bicyclic) bond motifs is 1. The van der Waals surface area contributed by atoms with E-state index in [1.54, 1.807) is 0 Å². The van der Waals surface area contributed by atoms with E-state index in [2.05, 4.69) is 6.92 Å². The first-order valence-electron chi connectivity index (χ1n) is 7.79. The fraction of sp³-hybridized carbons (Fsp3) is 0.588. The van der Waals surface area contributed by atoms with Crippen molar-refractivity contribution in [2.24, 2.45) is 0 Å². The van der Waals surface area contributed by atoms with Gasteiger partial charge in [-0.05, 0) is 37.3 Å². The molecule has 4 nitrogen and oxygen atoms in total. The first-order valence-corrected chi connectivity index (χ1v) is 8.32. The van der Waals surface area contributed by atoms with Crippen LogP contribution in [0.5, 0.6) is 11.5 Å². The van der Waals surface area contributed by atoms with Crippen LogP contribution in [-0.4, -0.2) is 31.7 Å². The minimum Gasteiger partial charge on any atom is -0.493 e. The molecule has 2 rings (SSSR count).